The molecule has 0 aliphatic heterocycles. The van der Waals surface area contributed by atoms with Gasteiger partial charge in [0.25, 0.3) is 0 Å². The minimum atomic E-state index is 0.195. The molecule has 0 unspecified atom stereocenters. The summed E-state index contributed by atoms with van der Waals surface area (Å²) in [6.45, 7) is 6.29. The molecule has 2 aromatic rings. The van der Waals surface area contributed by atoms with Crippen molar-refractivity contribution in [2.24, 2.45) is 0 Å². The Hall–Kier alpha value is -1.44. The molecule has 0 saturated carbocycles. The standard InChI is InChI=1S/C14H18O2/c1-4-11-6-8-13(15-11)10(3)14-9-7-12(5-2)16-14/h6-10H,4-5H2,1-3H3. The van der Waals surface area contributed by atoms with Gasteiger partial charge in [0.1, 0.15) is 23.0 Å². The van der Waals surface area contributed by atoms with E-state index in [2.05, 4.69) is 20.8 Å². The SMILES string of the molecule is CCc1ccc(C(C)c2ccc(CC)o2)o1. The summed E-state index contributed by atoms with van der Waals surface area (Å²) in [5.41, 5.74) is 0. The summed E-state index contributed by atoms with van der Waals surface area (Å²) < 4.78 is 11.5. The third kappa shape index (κ3) is 2.06. The average molecular weight is 218 g/mol. The van der Waals surface area contributed by atoms with Crippen LogP contribution in [-0.4, -0.2) is 0 Å². The minimum Gasteiger partial charge on any atom is -0.465 e. The molecule has 2 aromatic heterocycles. The molecule has 0 aromatic carbocycles. The normalized spacial score (nSPS) is 11.2. The maximum absolute atomic E-state index is 5.73. The van der Waals surface area contributed by atoms with E-state index in [1.807, 2.05) is 24.3 Å². The van der Waals surface area contributed by atoms with Crippen LogP contribution in [0.2, 0.25) is 0 Å². The Morgan fingerprint density at radius 2 is 1.31 bits per heavy atom. The fraction of sp³-hybridized carbons (Fsp3) is 0.429. The topological polar surface area (TPSA) is 26.3 Å². The summed E-state index contributed by atoms with van der Waals surface area (Å²) in [6, 6.07) is 8.15. The fourth-order valence-corrected chi connectivity index (χ4v) is 1.77. The molecule has 0 fully saturated rings. The first-order valence-electron chi connectivity index (χ1n) is 5.91. The molecule has 0 atom stereocenters. The van der Waals surface area contributed by atoms with E-state index in [9.17, 15) is 0 Å². The van der Waals surface area contributed by atoms with E-state index >= 15 is 0 Å². The Morgan fingerprint density at radius 1 is 0.875 bits per heavy atom. The van der Waals surface area contributed by atoms with Crippen molar-refractivity contribution in [3.63, 3.8) is 0 Å². The molecule has 0 spiro atoms. The first kappa shape index (κ1) is 11.1. The van der Waals surface area contributed by atoms with E-state index in [1.54, 1.807) is 0 Å². The minimum absolute atomic E-state index is 0.195. The van der Waals surface area contributed by atoms with Gasteiger partial charge >= 0.3 is 0 Å². The molecule has 0 radical (unpaired) electrons. The molecule has 2 heterocycles. The van der Waals surface area contributed by atoms with Gasteiger partial charge in [-0.3, -0.25) is 0 Å². The molecule has 2 heteroatoms. The van der Waals surface area contributed by atoms with Crippen molar-refractivity contribution in [1.82, 2.24) is 0 Å². The summed E-state index contributed by atoms with van der Waals surface area (Å²) >= 11 is 0. The fourth-order valence-electron chi connectivity index (χ4n) is 1.77. The Kier molecular flexibility index (Phi) is 3.18. The maximum Gasteiger partial charge on any atom is 0.114 e. The number of aryl methyl sites for hydroxylation is 2. The van der Waals surface area contributed by atoms with Crippen LogP contribution in [0.1, 0.15) is 49.7 Å². The smallest absolute Gasteiger partial charge is 0.114 e. The van der Waals surface area contributed by atoms with Gasteiger partial charge in [0.05, 0.1) is 5.92 Å². The summed E-state index contributed by atoms with van der Waals surface area (Å²) in [5.74, 6) is 4.22. The highest BCUT2D eigenvalue weighted by atomic mass is 16.4. The van der Waals surface area contributed by atoms with Crippen molar-refractivity contribution in [1.29, 1.82) is 0 Å². The third-order valence-electron chi connectivity index (χ3n) is 2.92. The zero-order chi connectivity index (χ0) is 11.5. The molecule has 2 rings (SSSR count). The number of hydrogen-bond acceptors (Lipinski definition) is 2. The van der Waals surface area contributed by atoms with E-state index in [0.717, 1.165) is 35.9 Å². The molecule has 0 N–H and O–H groups in total. The molecule has 0 saturated heterocycles. The lowest BCUT2D eigenvalue weighted by Crippen LogP contribution is -1.91. The van der Waals surface area contributed by atoms with E-state index in [-0.39, 0.29) is 5.92 Å². The van der Waals surface area contributed by atoms with Crippen molar-refractivity contribution in [2.45, 2.75) is 39.5 Å². The van der Waals surface area contributed by atoms with Gasteiger partial charge in [-0.15, -0.1) is 0 Å². The highest BCUT2D eigenvalue weighted by Gasteiger charge is 2.15. The van der Waals surface area contributed by atoms with Crippen LogP contribution < -0.4 is 0 Å². The first-order valence-corrected chi connectivity index (χ1v) is 5.91. The Labute approximate surface area is 96.3 Å². The molecular formula is C14H18O2. The highest BCUT2D eigenvalue weighted by Crippen LogP contribution is 2.27. The lowest BCUT2D eigenvalue weighted by atomic mass is 10.1. The van der Waals surface area contributed by atoms with Gasteiger partial charge in [-0.2, -0.15) is 0 Å². The predicted octanol–water partition coefficient (Wildman–Crippen LogP) is 4.15. The Balaban J connectivity index is 2.20. The van der Waals surface area contributed by atoms with Crippen LogP contribution in [0, 0.1) is 0 Å². The van der Waals surface area contributed by atoms with E-state index in [4.69, 9.17) is 8.83 Å². The van der Waals surface area contributed by atoms with E-state index < -0.39 is 0 Å². The average Bonchev–Trinajstić information content (AvgIpc) is 2.97. The second-order valence-electron chi connectivity index (χ2n) is 4.04. The monoisotopic (exact) mass is 218 g/mol. The van der Waals surface area contributed by atoms with Gasteiger partial charge in [-0.05, 0) is 31.2 Å². The summed E-state index contributed by atoms with van der Waals surface area (Å²) in [6.07, 6.45) is 1.87. The quantitative estimate of drug-likeness (QED) is 0.770. The van der Waals surface area contributed by atoms with Gasteiger partial charge in [-0.25, -0.2) is 0 Å². The third-order valence-corrected chi connectivity index (χ3v) is 2.92. The molecule has 2 nitrogen and oxygen atoms in total. The van der Waals surface area contributed by atoms with Crippen LogP contribution in [0.5, 0.6) is 0 Å². The van der Waals surface area contributed by atoms with Crippen molar-refractivity contribution < 1.29 is 8.83 Å². The molecule has 0 bridgehead atoms. The predicted molar refractivity (Wildman–Crippen MR) is 63.7 cm³/mol. The zero-order valence-electron chi connectivity index (χ0n) is 10.1. The molecule has 86 valence electrons. The summed E-state index contributed by atoms with van der Waals surface area (Å²) in [4.78, 5) is 0. The first-order chi connectivity index (χ1) is 7.74. The summed E-state index contributed by atoms with van der Waals surface area (Å²) in [5, 5.41) is 0. The lowest BCUT2D eigenvalue weighted by molar-refractivity contribution is 0.409. The molecule has 0 amide bonds. The van der Waals surface area contributed by atoms with Gasteiger partial charge < -0.3 is 8.83 Å². The number of rotatable bonds is 4. The van der Waals surface area contributed by atoms with Gasteiger partial charge in [0.2, 0.25) is 0 Å². The molecule has 0 aliphatic rings. The second kappa shape index (κ2) is 4.60. The lowest BCUT2D eigenvalue weighted by Gasteiger charge is -2.04. The highest BCUT2D eigenvalue weighted by molar-refractivity contribution is 5.21. The van der Waals surface area contributed by atoms with Crippen molar-refractivity contribution in [2.75, 3.05) is 0 Å². The maximum atomic E-state index is 5.73. The van der Waals surface area contributed by atoms with Gasteiger partial charge in [0.15, 0.2) is 0 Å². The van der Waals surface area contributed by atoms with Gasteiger partial charge in [0, 0.05) is 12.8 Å². The van der Waals surface area contributed by atoms with E-state index in [0.29, 0.717) is 0 Å². The van der Waals surface area contributed by atoms with Crippen LogP contribution in [-0.2, 0) is 12.8 Å². The zero-order valence-corrected chi connectivity index (χ0v) is 10.1. The van der Waals surface area contributed by atoms with Crippen LogP contribution in [0.25, 0.3) is 0 Å². The number of furan rings is 2. The van der Waals surface area contributed by atoms with Crippen molar-refractivity contribution >= 4 is 0 Å². The van der Waals surface area contributed by atoms with Crippen LogP contribution in [0.4, 0.5) is 0 Å². The van der Waals surface area contributed by atoms with Crippen molar-refractivity contribution in [3.05, 3.63) is 47.3 Å². The second-order valence-corrected chi connectivity index (χ2v) is 4.04. The van der Waals surface area contributed by atoms with E-state index in [1.165, 1.54) is 0 Å². The Bertz CT molecular complexity index is 409. The van der Waals surface area contributed by atoms with Crippen LogP contribution >= 0.6 is 0 Å². The largest absolute Gasteiger partial charge is 0.465 e. The Morgan fingerprint density at radius 3 is 1.62 bits per heavy atom. The number of hydrogen-bond donors (Lipinski definition) is 0. The van der Waals surface area contributed by atoms with Gasteiger partial charge in [-0.1, -0.05) is 13.8 Å². The van der Waals surface area contributed by atoms with Crippen molar-refractivity contribution in [3.8, 4) is 0 Å². The molecule has 16 heavy (non-hydrogen) atoms. The molecule has 0 aliphatic carbocycles. The summed E-state index contributed by atoms with van der Waals surface area (Å²) in [7, 11) is 0. The molecular weight excluding hydrogens is 200 g/mol. The van der Waals surface area contributed by atoms with Crippen LogP contribution in [0.3, 0.4) is 0 Å². The van der Waals surface area contributed by atoms with Crippen LogP contribution in [0.15, 0.2) is 33.1 Å².